The average Bonchev–Trinajstić information content (AvgIpc) is 2.62. The Labute approximate surface area is 171 Å². The summed E-state index contributed by atoms with van der Waals surface area (Å²) in [6, 6.07) is 6.56. The maximum absolute atomic E-state index is 12.8. The fraction of sp³-hybridized carbons (Fsp3) is 0.278. The molecule has 1 amide bonds. The summed E-state index contributed by atoms with van der Waals surface area (Å²) >= 11 is 5.98. The molecule has 0 heterocycles. The van der Waals surface area contributed by atoms with Crippen LogP contribution in [0.25, 0.3) is 0 Å². The van der Waals surface area contributed by atoms with Crippen LogP contribution in [0.4, 0.5) is 18.9 Å². The summed E-state index contributed by atoms with van der Waals surface area (Å²) in [5.41, 5.74) is -1.05. The van der Waals surface area contributed by atoms with Gasteiger partial charge in [0.1, 0.15) is 5.75 Å². The molecule has 0 spiro atoms. The fourth-order valence-corrected chi connectivity index (χ4v) is 3.83. The molecule has 2 aromatic carbocycles. The van der Waals surface area contributed by atoms with Gasteiger partial charge in [0, 0.05) is 5.69 Å². The Morgan fingerprint density at radius 3 is 2.48 bits per heavy atom. The minimum absolute atomic E-state index is 0.0794. The van der Waals surface area contributed by atoms with E-state index in [1.54, 1.807) is 6.92 Å². The third kappa shape index (κ3) is 6.09. The average molecular weight is 451 g/mol. The summed E-state index contributed by atoms with van der Waals surface area (Å²) in [4.78, 5) is 12.0. The molecule has 0 saturated carbocycles. The molecule has 1 atom stereocenters. The number of nitrogens with one attached hydrogen (secondary N) is 2. The first-order valence-electron chi connectivity index (χ1n) is 8.37. The molecule has 0 radical (unpaired) electrons. The molecule has 0 aliphatic heterocycles. The maximum atomic E-state index is 12.8. The molecule has 0 aliphatic carbocycles. The van der Waals surface area contributed by atoms with Gasteiger partial charge in [-0.2, -0.15) is 17.9 Å². The number of anilines is 1. The van der Waals surface area contributed by atoms with Crippen LogP contribution < -0.4 is 14.8 Å². The predicted molar refractivity (Wildman–Crippen MR) is 102 cm³/mol. The SMILES string of the molecule is CCOc1ccc(S(=O)(=O)N[C@H](C)C(=O)Nc2cccc(C(F)(F)F)c2)cc1Cl. The highest BCUT2D eigenvalue weighted by atomic mass is 35.5. The molecule has 0 fully saturated rings. The Kier molecular flexibility index (Phi) is 7.15. The normalized spacial score (nSPS) is 13.0. The number of hydrogen-bond donors (Lipinski definition) is 2. The second kappa shape index (κ2) is 9.02. The largest absolute Gasteiger partial charge is 0.492 e. The predicted octanol–water partition coefficient (Wildman–Crippen LogP) is 4.06. The topological polar surface area (TPSA) is 84.5 Å². The molecule has 0 bridgehead atoms. The number of carbonyl (C=O) groups is 1. The van der Waals surface area contributed by atoms with Crippen molar-refractivity contribution in [3.63, 3.8) is 0 Å². The van der Waals surface area contributed by atoms with Gasteiger partial charge in [-0.15, -0.1) is 0 Å². The van der Waals surface area contributed by atoms with Gasteiger partial charge in [0.2, 0.25) is 15.9 Å². The molecule has 6 nitrogen and oxygen atoms in total. The van der Waals surface area contributed by atoms with Crippen LogP contribution in [-0.4, -0.2) is 27.0 Å². The van der Waals surface area contributed by atoms with Gasteiger partial charge in [-0.25, -0.2) is 8.42 Å². The van der Waals surface area contributed by atoms with Crippen LogP contribution in [0.1, 0.15) is 19.4 Å². The molecule has 11 heteroatoms. The number of amides is 1. The van der Waals surface area contributed by atoms with Gasteiger partial charge in [0.25, 0.3) is 0 Å². The maximum Gasteiger partial charge on any atom is 0.416 e. The quantitative estimate of drug-likeness (QED) is 0.666. The Bertz CT molecular complexity index is 997. The van der Waals surface area contributed by atoms with Crippen molar-refractivity contribution in [2.45, 2.75) is 31.0 Å². The first-order chi connectivity index (χ1) is 13.4. The Morgan fingerprint density at radius 1 is 1.21 bits per heavy atom. The van der Waals surface area contributed by atoms with Crippen molar-refractivity contribution in [3.05, 3.63) is 53.1 Å². The Morgan fingerprint density at radius 2 is 1.90 bits per heavy atom. The third-order valence-electron chi connectivity index (χ3n) is 3.70. The van der Waals surface area contributed by atoms with Crippen molar-refractivity contribution < 1.29 is 31.1 Å². The monoisotopic (exact) mass is 450 g/mol. The van der Waals surface area contributed by atoms with E-state index < -0.39 is 33.7 Å². The smallest absolute Gasteiger partial charge is 0.416 e. The van der Waals surface area contributed by atoms with Gasteiger partial charge in [-0.05, 0) is 50.2 Å². The number of hydrogen-bond acceptors (Lipinski definition) is 4. The second-order valence-electron chi connectivity index (χ2n) is 5.94. The molecule has 0 aliphatic rings. The van der Waals surface area contributed by atoms with E-state index in [0.717, 1.165) is 18.2 Å². The first kappa shape index (κ1) is 23.0. The Balaban J connectivity index is 2.11. The standard InChI is InChI=1S/C18H18ClF3N2O4S/c1-3-28-16-8-7-14(10-15(16)19)29(26,27)24-11(2)17(25)23-13-6-4-5-12(9-13)18(20,21)22/h4-11,24H,3H2,1-2H3,(H,23,25)/t11-/m1/s1. The number of ether oxygens (including phenoxy) is 1. The highest BCUT2D eigenvalue weighted by Gasteiger charge is 2.30. The summed E-state index contributed by atoms with van der Waals surface area (Å²) in [5.74, 6) is -0.520. The highest BCUT2D eigenvalue weighted by molar-refractivity contribution is 7.89. The zero-order valence-electron chi connectivity index (χ0n) is 15.4. The van der Waals surface area contributed by atoms with Gasteiger partial charge in [-0.3, -0.25) is 4.79 Å². The van der Waals surface area contributed by atoms with E-state index in [-0.39, 0.29) is 15.6 Å². The molecular weight excluding hydrogens is 433 g/mol. The molecule has 0 unspecified atom stereocenters. The number of carbonyl (C=O) groups excluding carboxylic acids is 1. The van der Waals surface area contributed by atoms with Crippen LogP contribution in [-0.2, 0) is 21.0 Å². The van der Waals surface area contributed by atoms with Gasteiger partial charge in [0.15, 0.2) is 0 Å². The number of halogens is 4. The minimum Gasteiger partial charge on any atom is -0.492 e. The molecule has 2 rings (SSSR count). The molecule has 0 aromatic heterocycles. The summed E-state index contributed by atoms with van der Waals surface area (Å²) in [5, 5.41) is 2.33. The van der Waals surface area contributed by atoms with E-state index in [0.29, 0.717) is 12.4 Å². The van der Waals surface area contributed by atoms with Gasteiger partial charge in [0.05, 0.1) is 28.1 Å². The molecule has 29 heavy (non-hydrogen) atoms. The van der Waals surface area contributed by atoms with E-state index in [9.17, 15) is 26.4 Å². The molecule has 0 saturated heterocycles. The molecule has 158 valence electrons. The summed E-state index contributed by atoms with van der Waals surface area (Å²) in [7, 11) is -4.11. The fourth-order valence-electron chi connectivity index (χ4n) is 2.30. The van der Waals surface area contributed by atoms with Crippen molar-refractivity contribution in [1.29, 1.82) is 0 Å². The summed E-state index contributed by atoms with van der Waals surface area (Å²) in [6.45, 7) is 3.35. The zero-order valence-corrected chi connectivity index (χ0v) is 17.0. The lowest BCUT2D eigenvalue weighted by Crippen LogP contribution is -2.41. The van der Waals surface area contributed by atoms with Crippen LogP contribution in [0.2, 0.25) is 5.02 Å². The van der Waals surface area contributed by atoms with E-state index >= 15 is 0 Å². The molecular formula is C18H18ClF3N2O4S. The lowest BCUT2D eigenvalue weighted by molar-refractivity contribution is -0.137. The number of sulfonamides is 1. The summed E-state index contributed by atoms with van der Waals surface area (Å²) < 4.78 is 70.6. The number of alkyl halides is 3. The van der Waals surface area contributed by atoms with Crippen LogP contribution in [0.15, 0.2) is 47.4 Å². The Hall–Kier alpha value is -2.30. The van der Waals surface area contributed by atoms with Crippen LogP contribution in [0.3, 0.4) is 0 Å². The van der Waals surface area contributed by atoms with Crippen LogP contribution in [0, 0.1) is 0 Å². The van der Waals surface area contributed by atoms with E-state index in [2.05, 4.69) is 10.0 Å². The third-order valence-corrected chi connectivity index (χ3v) is 5.53. The number of rotatable bonds is 7. The van der Waals surface area contributed by atoms with Crippen molar-refractivity contribution in [2.24, 2.45) is 0 Å². The van der Waals surface area contributed by atoms with Crippen molar-refractivity contribution >= 4 is 33.2 Å². The van der Waals surface area contributed by atoms with E-state index in [4.69, 9.17) is 16.3 Å². The number of benzene rings is 2. The van der Waals surface area contributed by atoms with Crippen LogP contribution >= 0.6 is 11.6 Å². The highest BCUT2D eigenvalue weighted by Crippen LogP contribution is 2.31. The van der Waals surface area contributed by atoms with Gasteiger partial charge >= 0.3 is 6.18 Å². The molecule has 2 aromatic rings. The van der Waals surface area contributed by atoms with Gasteiger partial charge < -0.3 is 10.1 Å². The first-order valence-corrected chi connectivity index (χ1v) is 10.2. The van der Waals surface area contributed by atoms with E-state index in [1.807, 2.05) is 0 Å². The lowest BCUT2D eigenvalue weighted by atomic mass is 10.2. The van der Waals surface area contributed by atoms with Crippen molar-refractivity contribution in [2.75, 3.05) is 11.9 Å². The molecule has 2 N–H and O–H groups in total. The summed E-state index contributed by atoms with van der Waals surface area (Å²) in [6.07, 6.45) is -4.57. The lowest BCUT2D eigenvalue weighted by Gasteiger charge is -2.16. The van der Waals surface area contributed by atoms with Crippen LogP contribution in [0.5, 0.6) is 5.75 Å². The zero-order chi connectivity index (χ0) is 21.8. The van der Waals surface area contributed by atoms with Crippen molar-refractivity contribution in [1.82, 2.24) is 4.72 Å². The second-order valence-corrected chi connectivity index (χ2v) is 8.06. The minimum atomic E-state index is -4.57. The van der Waals surface area contributed by atoms with E-state index in [1.165, 1.54) is 31.2 Å². The van der Waals surface area contributed by atoms with Gasteiger partial charge in [-0.1, -0.05) is 17.7 Å². The van der Waals surface area contributed by atoms with Crippen molar-refractivity contribution in [3.8, 4) is 5.75 Å².